The Hall–Kier alpha value is -3.50. The van der Waals surface area contributed by atoms with Crippen molar-refractivity contribution in [3.05, 3.63) is 47.3 Å². The molecule has 2 heterocycles. The molecule has 10 nitrogen and oxygen atoms in total. The minimum atomic E-state index is -0.184. The van der Waals surface area contributed by atoms with Crippen LogP contribution in [0, 0.1) is 0 Å². The molecule has 0 radical (unpaired) electrons. The van der Waals surface area contributed by atoms with Crippen LogP contribution >= 0.6 is 0 Å². The summed E-state index contributed by atoms with van der Waals surface area (Å²) in [4.78, 5) is 26.8. The predicted octanol–water partition coefficient (Wildman–Crippen LogP) is 2.87. The van der Waals surface area contributed by atoms with E-state index in [4.69, 9.17) is 9.72 Å². The van der Waals surface area contributed by atoms with E-state index in [1.807, 2.05) is 13.2 Å². The molecule has 0 atom stereocenters. The van der Waals surface area contributed by atoms with E-state index >= 15 is 0 Å². The SMILES string of the molecule is CCN(CCN(C)C)c1ccc(Nc2ncc3c(n2)-c2c(c(C(=O)NCCOC)nn2C)CCC3)cc1. The zero-order chi connectivity index (χ0) is 26.4. The third kappa shape index (κ3) is 6.26. The molecular formula is C27H38N8O2. The Bertz CT molecular complexity index is 1210. The van der Waals surface area contributed by atoms with Crippen LogP contribution in [0.25, 0.3) is 11.4 Å². The van der Waals surface area contributed by atoms with E-state index in [2.05, 4.69) is 75.8 Å². The van der Waals surface area contributed by atoms with Gasteiger partial charge in [0, 0.05) is 63.5 Å². The first-order chi connectivity index (χ1) is 17.9. The molecule has 0 spiro atoms. The lowest BCUT2D eigenvalue weighted by atomic mass is 10.1. The Morgan fingerprint density at radius 2 is 1.95 bits per heavy atom. The van der Waals surface area contributed by atoms with Crippen LogP contribution in [0.15, 0.2) is 30.5 Å². The molecular weight excluding hydrogens is 468 g/mol. The largest absolute Gasteiger partial charge is 0.383 e. The van der Waals surface area contributed by atoms with Crippen molar-refractivity contribution in [1.29, 1.82) is 0 Å². The van der Waals surface area contributed by atoms with Crippen LogP contribution in [0.5, 0.6) is 0 Å². The molecule has 10 heteroatoms. The molecule has 1 amide bonds. The topological polar surface area (TPSA) is 100 Å². The summed E-state index contributed by atoms with van der Waals surface area (Å²) in [5.74, 6) is 0.336. The second-order valence-corrected chi connectivity index (χ2v) is 9.52. The van der Waals surface area contributed by atoms with Crippen molar-refractivity contribution in [2.45, 2.75) is 26.2 Å². The molecule has 2 N–H and O–H groups in total. The number of rotatable bonds is 11. The molecule has 0 unspecified atom stereocenters. The molecule has 3 aromatic rings. The van der Waals surface area contributed by atoms with Gasteiger partial charge < -0.3 is 25.2 Å². The van der Waals surface area contributed by atoms with Gasteiger partial charge in [0.2, 0.25) is 5.95 Å². The molecule has 0 aliphatic heterocycles. The number of hydrogen-bond acceptors (Lipinski definition) is 8. The second kappa shape index (κ2) is 12.2. The molecule has 1 aromatic carbocycles. The molecule has 1 aliphatic carbocycles. The van der Waals surface area contributed by atoms with Crippen molar-refractivity contribution in [2.75, 3.05) is 64.2 Å². The van der Waals surface area contributed by atoms with E-state index in [0.29, 0.717) is 24.8 Å². The lowest BCUT2D eigenvalue weighted by Gasteiger charge is -2.25. The van der Waals surface area contributed by atoms with Crippen molar-refractivity contribution < 1.29 is 9.53 Å². The van der Waals surface area contributed by atoms with Crippen LogP contribution in [0.3, 0.4) is 0 Å². The van der Waals surface area contributed by atoms with Crippen LogP contribution < -0.4 is 15.5 Å². The number of aromatic nitrogens is 4. The van der Waals surface area contributed by atoms with Crippen LogP contribution in [-0.4, -0.2) is 84.5 Å². The van der Waals surface area contributed by atoms with Gasteiger partial charge >= 0.3 is 0 Å². The number of nitrogens with zero attached hydrogens (tertiary/aromatic N) is 6. The molecule has 2 aromatic heterocycles. The maximum absolute atomic E-state index is 12.8. The van der Waals surface area contributed by atoms with Gasteiger partial charge in [0.25, 0.3) is 5.91 Å². The van der Waals surface area contributed by atoms with Gasteiger partial charge in [-0.1, -0.05) is 0 Å². The third-order valence-electron chi connectivity index (χ3n) is 6.60. The number of aryl methyl sites for hydroxylation is 2. The van der Waals surface area contributed by atoms with Crippen molar-refractivity contribution in [1.82, 2.24) is 30.0 Å². The highest BCUT2D eigenvalue weighted by Crippen LogP contribution is 2.33. The maximum atomic E-state index is 12.8. The van der Waals surface area contributed by atoms with E-state index < -0.39 is 0 Å². The lowest BCUT2D eigenvalue weighted by Crippen LogP contribution is -2.31. The van der Waals surface area contributed by atoms with Crippen molar-refractivity contribution in [3.63, 3.8) is 0 Å². The number of fused-ring (bicyclic) bond motifs is 3. The minimum Gasteiger partial charge on any atom is -0.383 e. The summed E-state index contributed by atoms with van der Waals surface area (Å²) in [6.07, 6.45) is 4.41. The van der Waals surface area contributed by atoms with Crippen molar-refractivity contribution in [2.24, 2.45) is 7.05 Å². The normalized spacial score (nSPS) is 12.6. The number of amides is 1. The average molecular weight is 507 g/mol. The molecule has 0 saturated heterocycles. The Morgan fingerprint density at radius 3 is 2.65 bits per heavy atom. The molecule has 198 valence electrons. The summed E-state index contributed by atoms with van der Waals surface area (Å²) >= 11 is 0. The molecule has 37 heavy (non-hydrogen) atoms. The molecule has 0 saturated carbocycles. The third-order valence-corrected chi connectivity index (χ3v) is 6.60. The summed E-state index contributed by atoms with van der Waals surface area (Å²) in [6.45, 7) is 6.00. The van der Waals surface area contributed by atoms with Gasteiger partial charge in [-0.3, -0.25) is 9.48 Å². The number of nitrogens with one attached hydrogen (secondary N) is 2. The first-order valence-electron chi connectivity index (χ1n) is 12.9. The number of anilines is 3. The Morgan fingerprint density at radius 1 is 1.16 bits per heavy atom. The van der Waals surface area contributed by atoms with Gasteiger partial charge in [0.15, 0.2) is 5.69 Å². The standard InChI is InChI=1S/C27H38N8O2/c1-6-35(16-15-33(2)3)21-12-10-20(11-13-21)30-27-29-18-19-8-7-9-22-24(26(36)28-14-17-37-5)32-34(4)25(22)23(19)31-27/h10-13,18H,6-9,14-17H2,1-5H3,(H,28,36)(H,29,30,31). The van der Waals surface area contributed by atoms with Crippen LogP contribution in [0.4, 0.5) is 17.3 Å². The van der Waals surface area contributed by atoms with E-state index in [1.165, 1.54) is 5.69 Å². The van der Waals surface area contributed by atoms with Crippen LogP contribution in [0.2, 0.25) is 0 Å². The summed E-state index contributed by atoms with van der Waals surface area (Å²) in [6, 6.07) is 8.36. The van der Waals surface area contributed by atoms with Gasteiger partial charge in [-0.25, -0.2) is 9.97 Å². The number of methoxy groups -OCH3 is 1. The molecule has 4 rings (SSSR count). The fourth-order valence-electron chi connectivity index (χ4n) is 4.62. The monoisotopic (exact) mass is 506 g/mol. The number of ether oxygens (including phenoxy) is 1. The predicted molar refractivity (Wildman–Crippen MR) is 147 cm³/mol. The summed E-state index contributed by atoms with van der Waals surface area (Å²) < 4.78 is 6.82. The smallest absolute Gasteiger partial charge is 0.272 e. The average Bonchev–Trinajstić information content (AvgIpc) is 3.09. The molecule has 1 aliphatic rings. The molecule has 0 bridgehead atoms. The highest BCUT2D eigenvalue weighted by atomic mass is 16.5. The Labute approximate surface area is 219 Å². The lowest BCUT2D eigenvalue weighted by molar-refractivity contribution is 0.0930. The fourth-order valence-corrected chi connectivity index (χ4v) is 4.62. The number of benzene rings is 1. The van der Waals surface area contributed by atoms with Gasteiger partial charge in [0.05, 0.1) is 18.0 Å². The van der Waals surface area contributed by atoms with Crippen LogP contribution in [0.1, 0.15) is 35.0 Å². The maximum Gasteiger partial charge on any atom is 0.272 e. The molecule has 0 fully saturated rings. The summed E-state index contributed by atoms with van der Waals surface area (Å²) in [5, 5.41) is 10.8. The summed E-state index contributed by atoms with van der Waals surface area (Å²) in [7, 11) is 7.66. The Balaban J connectivity index is 1.56. The van der Waals surface area contributed by atoms with Gasteiger partial charge in [-0.2, -0.15) is 5.10 Å². The van der Waals surface area contributed by atoms with Crippen molar-refractivity contribution in [3.8, 4) is 11.4 Å². The first-order valence-corrected chi connectivity index (χ1v) is 12.9. The number of likely N-dealkylation sites (N-methyl/N-ethyl adjacent to an activating group) is 2. The zero-order valence-corrected chi connectivity index (χ0v) is 22.5. The first kappa shape index (κ1) is 26.6. The van der Waals surface area contributed by atoms with Crippen LogP contribution in [-0.2, 0) is 24.6 Å². The van der Waals surface area contributed by atoms with E-state index in [1.54, 1.807) is 11.8 Å². The minimum absolute atomic E-state index is 0.184. The number of carbonyl (C=O) groups excluding carboxylic acids is 1. The zero-order valence-electron chi connectivity index (χ0n) is 22.5. The Kier molecular flexibility index (Phi) is 8.73. The highest BCUT2D eigenvalue weighted by Gasteiger charge is 2.27. The van der Waals surface area contributed by atoms with E-state index in [9.17, 15) is 4.79 Å². The quantitative estimate of drug-likeness (QED) is 0.383. The van der Waals surface area contributed by atoms with Crippen molar-refractivity contribution >= 4 is 23.2 Å². The second-order valence-electron chi connectivity index (χ2n) is 9.52. The highest BCUT2D eigenvalue weighted by molar-refractivity contribution is 5.95. The van der Waals surface area contributed by atoms with Gasteiger partial charge in [0.1, 0.15) is 0 Å². The van der Waals surface area contributed by atoms with Gasteiger partial charge in [-0.15, -0.1) is 0 Å². The number of carbonyl (C=O) groups is 1. The van der Waals surface area contributed by atoms with E-state index in [-0.39, 0.29) is 5.91 Å². The fraction of sp³-hybridized carbons (Fsp3) is 0.481. The van der Waals surface area contributed by atoms with Gasteiger partial charge in [-0.05, 0) is 70.1 Å². The van der Waals surface area contributed by atoms with E-state index in [0.717, 1.165) is 67.1 Å². The summed E-state index contributed by atoms with van der Waals surface area (Å²) in [5.41, 5.74) is 6.27. The number of hydrogen-bond donors (Lipinski definition) is 2.